The first kappa shape index (κ1) is 26.6. The summed E-state index contributed by atoms with van der Waals surface area (Å²) < 4.78 is 13.1. The Hall–Kier alpha value is -4.30. The molecule has 1 saturated carbocycles. The van der Waals surface area contributed by atoms with Crippen molar-refractivity contribution in [2.75, 3.05) is 18.0 Å². The number of nitriles is 1. The van der Waals surface area contributed by atoms with E-state index in [-0.39, 0.29) is 0 Å². The van der Waals surface area contributed by atoms with Crippen molar-refractivity contribution < 1.29 is 8.83 Å². The third kappa shape index (κ3) is 4.90. The number of hydrogen-bond donors (Lipinski definition) is 0. The van der Waals surface area contributed by atoms with Gasteiger partial charge in [0, 0.05) is 46.6 Å². The summed E-state index contributed by atoms with van der Waals surface area (Å²) in [5, 5.41) is 13.6. The van der Waals surface area contributed by atoms with E-state index in [9.17, 15) is 5.26 Å². The summed E-state index contributed by atoms with van der Waals surface area (Å²) in [6.45, 7) is 4.49. The van der Waals surface area contributed by atoms with Crippen LogP contribution < -0.4 is 4.90 Å². The van der Waals surface area contributed by atoms with Gasteiger partial charge in [0.1, 0.15) is 11.1 Å². The molecule has 2 heterocycles. The van der Waals surface area contributed by atoms with Gasteiger partial charge in [-0.1, -0.05) is 69.7 Å². The molecular weight excluding hydrogens is 518 g/mol. The zero-order chi connectivity index (χ0) is 28.5. The van der Waals surface area contributed by atoms with Crippen LogP contribution in [0.1, 0.15) is 70.3 Å². The van der Waals surface area contributed by atoms with Gasteiger partial charge >= 0.3 is 0 Å². The number of hydrogen-bond acceptors (Lipinski definition) is 5. The van der Waals surface area contributed by atoms with Crippen molar-refractivity contribution >= 4 is 49.5 Å². The normalized spacial score (nSPS) is 14.3. The number of oxazole rings is 1. The molecule has 4 aromatic carbocycles. The van der Waals surface area contributed by atoms with Crippen molar-refractivity contribution in [1.29, 1.82) is 5.26 Å². The van der Waals surface area contributed by atoms with Crippen molar-refractivity contribution in [2.24, 2.45) is 5.92 Å². The van der Waals surface area contributed by atoms with E-state index in [2.05, 4.69) is 54.3 Å². The van der Waals surface area contributed by atoms with Crippen LogP contribution >= 0.6 is 0 Å². The van der Waals surface area contributed by atoms with Crippen LogP contribution in [0, 0.1) is 17.2 Å². The molecule has 0 atom stereocenters. The summed E-state index contributed by atoms with van der Waals surface area (Å²) in [7, 11) is 0. The number of furan rings is 1. The van der Waals surface area contributed by atoms with Gasteiger partial charge in [-0.2, -0.15) is 5.26 Å². The number of anilines is 1. The predicted molar refractivity (Wildman–Crippen MR) is 172 cm³/mol. The standard InChI is InChI=1S/C37H37N3O2/c1-2-3-4-10-21-40(24-26-11-6-5-7-12-26)28-19-20-31-32(22-28)41-35-33(31)29-13-8-9-14-30(29)34-36(35)42-37(39-34)27-17-15-25(23-38)16-18-27/h8-9,13-20,22,26H,2-7,10-12,21,24H2,1H3. The summed E-state index contributed by atoms with van der Waals surface area (Å²) in [4.78, 5) is 7.54. The molecule has 1 aliphatic rings. The van der Waals surface area contributed by atoms with Gasteiger partial charge in [0.25, 0.3) is 0 Å². The van der Waals surface area contributed by atoms with Gasteiger partial charge in [-0.15, -0.1) is 0 Å². The highest BCUT2D eigenvalue weighted by molar-refractivity contribution is 6.28. The zero-order valence-corrected chi connectivity index (χ0v) is 24.4. The van der Waals surface area contributed by atoms with Gasteiger partial charge in [-0.25, -0.2) is 4.98 Å². The summed E-state index contributed by atoms with van der Waals surface area (Å²) in [5.41, 5.74) is 5.79. The Bertz CT molecular complexity index is 1900. The molecule has 0 spiro atoms. The lowest BCUT2D eigenvalue weighted by Crippen LogP contribution is -2.31. The second kappa shape index (κ2) is 11.5. The van der Waals surface area contributed by atoms with Crippen molar-refractivity contribution in [3.05, 3.63) is 72.3 Å². The van der Waals surface area contributed by atoms with E-state index < -0.39 is 0 Å². The largest absolute Gasteiger partial charge is 0.452 e. The Kier molecular flexibility index (Phi) is 7.30. The van der Waals surface area contributed by atoms with Gasteiger partial charge in [-0.3, -0.25) is 0 Å². The number of unbranched alkanes of at least 4 members (excludes halogenated alkanes) is 3. The third-order valence-corrected chi connectivity index (χ3v) is 9.07. The minimum absolute atomic E-state index is 0.527. The number of aromatic nitrogens is 1. The first-order valence-corrected chi connectivity index (χ1v) is 15.7. The van der Waals surface area contributed by atoms with E-state index in [1.165, 1.54) is 63.5 Å². The van der Waals surface area contributed by atoms with Crippen LogP contribution in [0.4, 0.5) is 5.69 Å². The van der Waals surface area contributed by atoms with Gasteiger partial charge in [0.2, 0.25) is 5.89 Å². The maximum absolute atomic E-state index is 9.21. The minimum Gasteiger partial charge on any atom is -0.452 e. The highest BCUT2D eigenvalue weighted by Gasteiger charge is 2.23. The Morgan fingerprint density at radius 2 is 1.67 bits per heavy atom. The lowest BCUT2D eigenvalue weighted by Gasteiger charge is -2.31. The molecule has 0 aliphatic heterocycles. The number of fused-ring (bicyclic) bond motifs is 8. The average Bonchev–Trinajstić information content (AvgIpc) is 3.66. The molecule has 212 valence electrons. The van der Waals surface area contributed by atoms with E-state index in [0.717, 1.165) is 62.8 Å². The maximum Gasteiger partial charge on any atom is 0.227 e. The first-order valence-electron chi connectivity index (χ1n) is 15.7. The van der Waals surface area contributed by atoms with E-state index in [0.29, 0.717) is 17.0 Å². The number of benzene rings is 4. The molecular formula is C37H37N3O2. The lowest BCUT2D eigenvalue weighted by atomic mass is 9.88. The number of nitrogens with zero attached hydrogens (tertiary/aromatic N) is 3. The van der Waals surface area contributed by atoms with Gasteiger partial charge < -0.3 is 13.7 Å². The maximum atomic E-state index is 9.21. The van der Waals surface area contributed by atoms with Crippen molar-refractivity contribution in [3.8, 4) is 17.5 Å². The summed E-state index contributed by atoms with van der Waals surface area (Å²) in [6.07, 6.45) is 11.8. The van der Waals surface area contributed by atoms with Crippen molar-refractivity contribution in [1.82, 2.24) is 4.98 Å². The molecule has 0 N–H and O–H groups in total. The Labute approximate surface area is 246 Å². The topological polar surface area (TPSA) is 66.2 Å². The molecule has 5 heteroatoms. The van der Waals surface area contributed by atoms with Crippen LogP contribution in [0.15, 0.2) is 75.6 Å². The summed E-state index contributed by atoms with van der Waals surface area (Å²) >= 11 is 0. The Morgan fingerprint density at radius 1 is 0.857 bits per heavy atom. The monoisotopic (exact) mass is 555 g/mol. The summed E-state index contributed by atoms with van der Waals surface area (Å²) in [6, 6.07) is 24.7. The third-order valence-electron chi connectivity index (χ3n) is 9.07. The average molecular weight is 556 g/mol. The molecule has 0 radical (unpaired) electrons. The smallest absolute Gasteiger partial charge is 0.227 e. The second-order valence-electron chi connectivity index (χ2n) is 11.9. The van der Waals surface area contributed by atoms with Crippen LogP contribution in [0.2, 0.25) is 0 Å². The Balaban J connectivity index is 1.34. The predicted octanol–water partition coefficient (Wildman–Crippen LogP) is 10.4. The fourth-order valence-corrected chi connectivity index (χ4v) is 6.82. The molecule has 0 unspecified atom stereocenters. The highest BCUT2D eigenvalue weighted by Crippen LogP contribution is 2.43. The lowest BCUT2D eigenvalue weighted by molar-refractivity contribution is 0.357. The molecule has 7 rings (SSSR count). The second-order valence-corrected chi connectivity index (χ2v) is 11.9. The van der Waals surface area contributed by atoms with Crippen LogP contribution in [-0.4, -0.2) is 18.1 Å². The van der Waals surface area contributed by atoms with Gasteiger partial charge in [0.15, 0.2) is 11.2 Å². The van der Waals surface area contributed by atoms with E-state index >= 15 is 0 Å². The van der Waals surface area contributed by atoms with Crippen LogP contribution in [0.5, 0.6) is 0 Å². The fraction of sp³-hybridized carbons (Fsp3) is 0.351. The molecule has 0 bridgehead atoms. The SMILES string of the molecule is CCCCCCN(CC1CCCCC1)c1ccc2c(c1)oc1c3oc(-c4ccc(C#N)cc4)nc3c3ccccc3c21. The molecule has 0 saturated heterocycles. The van der Waals surface area contributed by atoms with Gasteiger partial charge in [-0.05, 0) is 67.0 Å². The fourth-order valence-electron chi connectivity index (χ4n) is 6.82. The number of rotatable bonds is 9. The van der Waals surface area contributed by atoms with Crippen LogP contribution in [0.25, 0.3) is 55.3 Å². The molecule has 0 amide bonds. The van der Waals surface area contributed by atoms with Crippen molar-refractivity contribution in [3.63, 3.8) is 0 Å². The van der Waals surface area contributed by atoms with Crippen LogP contribution in [-0.2, 0) is 0 Å². The molecule has 6 aromatic rings. The molecule has 42 heavy (non-hydrogen) atoms. The molecule has 5 nitrogen and oxygen atoms in total. The van der Waals surface area contributed by atoms with E-state index in [1.54, 1.807) is 12.1 Å². The molecule has 1 aliphatic carbocycles. The first-order chi connectivity index (χ1) is 20.7. The minimum atomic E-state index is 0.527. The van der Waals surface area contributed by atoms with Crippen LogP contribution in [0.3, 0.4) is 0 Å². The van der Waals surface area contributed by atoms with E-state index in [1.807, 2.05) is 18.2 Å². The zero-order valence-electron chi connectivity index (χ0n) is 24.4. The molecule has 1 fully saturated rings. The molecule has 2 aromatic heterocycles. The quantitative estimate of drug-likeness (QED) is 0.166. The van der Waals surface area contributed by atoms with Gasteiger partial charge in [0.05, 0.1) is 11.6 Å². The van der Waals surface area contributed by atoms with E-state index in [4.69, 9.17) is 13.8 Å². The Morgan fingerprint density at radius 3 is 2.45 bits per heavy atom. The van der Waals surface area contributed by atoms with Crippen molar-refractivity contribution in [2.45, 2.75) is 64.7 Å². The highest BCUT2D eigenvalue weighted by atomic mass is 16.4. The summed E-state index contributed by atoms with van der Waals surface area (Å²) in [5.74, 6) is 1.30.